The van der Waals surface area contributed by atoms with Crippen LogP contribution in [0.1, 0.15) is 13.3 Å². The summed E-state index contributed by atoms with van der Waals surface area (Å²) in [4.78, 5) is 2.25. The van der Waals surface area contributed by atoms with Crippen LogP contribution in [0.3, 0.4) is 0 Å². The molecule has 1 aliphatic heterocycles. The molecular formula is C8H20N4. The molecule has 0 aromatic rings. The normalized spacial score (nSPS) is 25.2. The van der Waals surface area contributed by atoms with Gasteiger partial charge in [-0.25, -0.2) is 0 Å². The fraction of sp³-hybridized carbons (Fsp3) is 1.00. The molecule has 0 saturated carbocycles. The molecule has 12 heavy (non-hydrogen) atoms. The Balaban J connectivity index is 2.33. The van der Waals surface area contributed by atoms with Crippen molar-refractivity contribution in [2.24, 2.45) is 11.5 Å². The maximum atomic E-state index is 5.98. The molecule has 4 nitrogen and oxygen atoms in total. The molecule has 72 valence electrons. The second kappa shape index (κ2) is 4.77. The molecule has 0 amide bonds. The molecule has 1 saturated heterocycles. The van der Waals surface area contributed by atoms with Gasteiger partial charge in [-0.15, -0.1) is 0 Å². The number of nitrogens with one attached hydrogen (secondary N) is 1. The first-order valence-corrected chi connectivity index (χ1v) is 4.71. The van der Waals surface area contributed by atoms with Crippen molar-refractivity contribution in [3.63, 3.8) is 0 Å². The van der Waals surface area contributed by atoms with Crippen molar-refractivity contribution in [1.29, 1.82) is 0 Å². The molecule has 1 rings (SSSR count). The van der Waals surface area contributed by atoms with Gasteiger partial charge >= 0.3 is 0 Å². The molecule has 0 bridgehead atoms. The minimum atomic E-state index is 0.0390. The first kappa shape index (κ1) is 9.92. The number of rotatable bonds is 3. The maximum Gasteiger partial charge on any atom is 0.0728 e. The Hall–Kier alpha value is -0.160. The van der Waals surface area contributed by atoms with Gasteiger partial charge in [-0.05, 0) is 6.42 Å². The molecule has 0 aliphatic carbocycles. The fourth-order valence-corrected chi connectivity index (χ4v) is 1.49. The first-order valence-electron chi connectivity index (χ1n) is 4.71. The van der Waals surface area contributed by atoms with E-state index >= 15 is 0 Å². The highest BCUT2D eigenvalue weighted by atomic mass is 15.3. The van der Waals surface area contributed by atoms with E-state index in [2.05, 4.69) is 17.1 Å². The summed E-state index contributed by atoms with van der Waals surface area (Å²) >= 11 is 0. The van der Waals surface area contributed by atoms with Gasteiger partial charge < -0.3 is 16.8 Å². The molecule has 0 aromatic heterocycles. The van der Waals surface area contributed by atoms with E-state index in [0.717, 1.165) is 32.6 Å². The summed E-state index contributed by atoms with van der Waals surface area (Å²) in [5, 5.41) is 3.29. The number of nitrogens with two attached hydrogens (primary N) is 2. The van der Waals surface area contributed by atoms with Crippen LogP contribution >= 0.6 is 0 Å². The van der Waals surface area contributed by atoms with E-state index < -0.39 is 0 Å². The van der Waals surface area contributed by atoms with Crippen molar-refractivity contribution in [3.05, 3.63) is 0 Å². The maximum absolute atomic E-state index is 5.98. The Morgan fingerprint density at radius 2 is 1.92 bits per heavy atom. The summed E-state index contributed by atoms with van der Waals surface area (Å²) in [6.45, 7) is 6.19. The highest BCUT2D eigenvalue weighted by Crippen LogP contribution is 2.01. The minimum absolute atomic E-state index is 0.0390. The molecule has 0 spiro atoms. The summed E-state index contributed by atoms with van der Waals surface area (Å²) in [7, 11) is 0. The summed E-state index contributed by atoms with van der Waals surface area (Å²) in [5.74, 6) is 0. The Morgan fingerprint density at radius 3 is 2.42 bits per heavy atom. The van der Waals surface area contributed by atoms with Gasteiger partial charge in [-0.3, -0.25) is 4.90 Å². The summed E-state index contributed by atoms with van der Waals surface area (Å²) in [6, 6.07) is 0.114. The van der Waals surface area contributed by atoms with Crippen molar-refractivity contribution in [2.45, 2.75) is 25.6 Å². The van der Waals surface area contributed by atoms with Gasteiger partial charge in [0.1, 0.15) is 0 Å². The lowest BCUT2D eigenvalue weighted by Crippen LogP contribution is -2.58. The standard InChI is InChI=1S/C8H20N4/c1-2-7(9)8(10)12-5-3-11-4-6-12/h7-8,11H,2-6,9-10H2,1H3. The van der Waals surface area contributed by atoms with Gasteiger partial charge in [0, 0.05) is 32.2 Å². The number of piperazine rings is 1. The van der Waals surface area contributed by atoms with Crippen LogP contribution in [0.2, 0.25) is 0 Å². The van der Waals surface area contributed by atoms with E-state index in [-0.39, 0.29) is 12.2 Å². The van der Waals surface area contributed by atoms with E-state index in [1.54, 1.807) is 0 Å². The van der Waals surface area contributed by atoms with Crippen LogP contribution in [-0.2, 0) is 0 Å². The Labute approximate surface area is 74.3 Å². The van der Waals surface area contributed by atoms with Crippen molar-refractivity contribution >= 4 is 0 Å². The molecule has 5 N–H and O–H groups in total. The molecule has 1 heterocycles. The summed E-state index contributed by atoms with van der Waals surface area (Å²) < 4.78 is 0. The molecule has 2 atom stereocenters. The van der Waals surface area contributed by atoms with Crippen molar-refractivity contribution in [1.82, 2.24) is 10.2 Å². The lowest BCUT2D eigenvalue weighted by molar-refractivity contribution is 0.153. The Morgan fingerprint density at radius 1 is 1.33 bits per heavy atom. The minimum Gasteiger partial charge on any atom is -0.325 e. The van der Waals surface area contributed by atoms with Crippen molar-refractivity contribution < 1.29 is 0 Å². The van der Waals surface area contributed by atoms with Crippen LogP contribution in [0.5, 0.6) is 0 Å². The average Bonchev–Trinajstić information content (AvgIpc) is 2.17. The lowest BCUT2D eigenvalue weighted by atomic mass is 10.1. The molecule has 4 heteroatoms. The van der Waals surface area contributed by atoms with Gasteiger partial charge in [0.2, 0.25) is 0 Å². The zero-order chi connectivity index (χ0) is 8.97. The van der Waals surface area contributed by atoms with Crippen molar-refractivity contribution in [2.75, 3.05) is 26.2 Å². The van der Waals surface area contributed by atoms with E-state index in [1.807, 2.05) is 0 Å². The highest BCUT2D eigenvalue weighted by molar-refractivity contribution is 4.79. The van der Waals surface area contributed by atoms with E-state index in [1.165, 1.54) is 0 Å². The molecular weight excluding hydrogens is 152 g/mol. The zero-order valence-corrected chi connectivity index (χ0v) is 7.79. The topological polar surface area (TPSA) is 67.3 Å². The predicted molar refractivity (Wildman–Crippen MR) is 50.7 cm³/mol. The highest BCUT2D eigenvalue weighted by Gasteiger charge is 2.20. The lowest BCUT2D eigenvalue weighted by Gasteiger charge is -2.35. The van der Waals surface area contributed by atoms with Gasteiger partial charge in [0.15, 0.2) is 0 Å². The number of nitrogens with zero attached hydrogens (tertiary/aromatic N) is 1. The van der Waals surface area contributed by atoms with Crippen LogP contribution in [-0.4, -0.2) is 43.3 Å². The smallest absolute Gasteiger partial charge is 0.0728 e. The third-order valence-electron chi connectivity index (χ3n) is 2.48. The monoisotopic (exact) mass is 172 g/mol. The van der Waals surface area contributed by atoms with Gasteiger partial charge in [-0.2, -0.15) is 0 Å². The second-order valence-electron chi connectivity index (χ2n) is 3.35. The molecule has 1 fully saturated rings. The predicted octanol–water partition coefficient (Wildman–Crippen LogP) is -1.09. The summed E-state index contributed by atoms with van der Waals surface area (Å²) in [5.41, 5.74) is 11.8. The summed E-state index contributed by atoms with van der Waals surface area (Å²) in [6.07, 6.45) is 0.988. The number of hydrogen-bond donors (Lipinski definition) is 3. The first-order chi connectivity index (χ1) is 5.75. The van der Waals surface area contributed by atoms with Crippen molar-refractivity contribution in [3.8, 4) is 0 Å². The van der Waals surface area contributed by atoms with Gasteiger partial charge in [0.25, 0.3) is 0 Å². The fourth-order valence-electron chi connectivity index (χ4n) is 1.49. The molecule has 2 unspecified atom stereocenters. The molecule has 0 aromatic carbocycles. The average molecular weight is 172 g/mol. The Kier molecular flexibility index (Phi) is 3.94. The van der Waals surface area contributed by atoms with Crippen LogP contribution in [0.25, 0.3) is 0 Å². The Bertz CT molecular complexity index is 122. The SMILES string of the molecule is CCC(N)C(N)N1CCNCC1. The van der Waals surface area contributed by atoms with Gasteiger partial charge in [0.05, 0.1) is 6.17 Å². The van der Waals surface area contributed by atoms with E-state index in [9.17, 15) is 0 Å². The van der Waals surface area contributed by atoms with Crippen LogP contribution in [0.4, 0.5) is 0 Å². The third kappa shape index (κ3) is 2.42. The van der Waals surface area contributed by atoms with Gasteiger partial charge in [-0.1, -0.05) is 6.92 Å². The van der Waals surface area contributed by atoms with Crippen LogP contribution in [0, 0.1) is 0 Å². The van der Waals surface area contributed by atoms with E-state index in [4.69, 9.17) is 11.5 Å². The molecule has 1 aliphatic rings. The quantitative estimate of drug-likeness (QED) is 0.506. The van der Waals surface area contributed by atoms with E-state index in [0.29, 0.717) is 0 Å². The largest absolute Gasteiger partial charge is 0.325 e. The second-order valence-corrected chi connectivity index (χ2v) is 3.35. The molecule has 0 radical (unpaired) electrons. The van der Waals surface area contributed by atoms with Crippen LogP contribution < -0.4 is 16.8 Å². The van der Waals surface area contributed by atoms with Crippen LogP contribution in [0.15, 0.2) is 0 Å². The zero-order valence-electron chi connectivity index (χ0n) is 7.79. The third-order valence-corrected chi connectivity index (χ3v) is 2.48. The number of hydrogen-bond acceptors (Lipinski definition) is 4.